The van der Waals surface area contributed by atoms with Gasteiger partial charge < -0.3 is 9.73 Å². The van der Waals surface area contributed by atoms with Crippen molar-refractivity contribution in [3.05, 3.63) is 84.4 Å². The van der Waals surface area contributed by atoms with Gasteiger partial charge in [-0.1, -0.05) is 71.9 Å². The van der Waals surface area contributed by atoms with Crippen molar-refractivity contribution in [1.29, 1.82) is 0 Å². The van der Waals surface area contributed by atoms with Gasteiger partial charge in [0, 0.05) is 11.3 Å². The van der Waals surface area contributed by atoms with Crippen LogP contribution in [0.4, 0.5) is 5.69 Å². The second-order valence-corrected chi connectivity index (χ2v) is 7.45. The van der Waals surface area contributed by atoms with Crippen LogP contribution in [0.5, 0.6) is 0 Å². The number of carbonyl (C=O) groups is 1. The van der Waals surface area contributed by atoms with Crippen molar-refractivity contribution >= 4 is 23.4 Å². The van der Waals surface area contributed by atoms with Crippen molar-refractivity contribution in [2.24, 2.45) is 0 Å². The predicted molar refractivity (Wildman–Crippen MR) is 116 cm³/mol. The van der Waals surface area contributed by atoms with Gasteiger partial charge in [-0.05, 0) is 42.3 Å². The van der Waals surface area contributed by atoms with Gasteiger partial charge in [-0.3, -0.25) is 4.79 Å². The van der Waals surface area contributed by atoms with E-state index in [0.29, 0.717) is 11.1 Å². The molecular formula is C23H19N3O2S. The van der Waals surface area contributed by atoms with Crippen molar-refractivity contribution < 1.29 is 9.21 Å². The molecular weight excluding hydrogens is 382 g/mol. The molecule has 0 aliphatic heterocycles. The summed E-state index contributed by atoms with van der Waals surface area (Å²) in [4.78, 5) is 12.2. The smallest absolute Gasteiger partial charge is 0.277 e. The SMILES string of the molecule is Cc1cccc(-c2nnc(SCC(=O)Nc3ccc(-c4ccccc4)cc3)o2)c1. The number of hydrogen-bond acceptors (Lipinski definition) is 5. The Morgan fingerprint density at radius 3 is 2.38 bits per heavy atom. The highest BCUT2D eigenvalue weighted by Crippen LogP contribution is 2.24. The molecule has 0 unspecified atom stereocenters. The van der Waals surface area contributed by atoms with Crippen molar-refractivity contribution in [1.82, 2.24) is 10.2 Å². The first-order chi connectivity index (χ1) is 14.2. The number of nitrogens with zero attached hydrogens (tertiary/aromatic N) is 2. The number of nitrogens with one attached hydrogen (secondary N) is 1. The standard InChI is InChI=1S/C23H19N3O2S/c1-16-6-5-9-19(14-16)22-25-26-23(28-22)29-15-21(27)24-20-12-10-18(11-13-20)17-7-3-2-4-8-17/h2-14H,15H2,1H3,(H,24,27). The average Bonchev–Trinajstić information content (AvgIpc) is 3.23. The van der Waals surface area contributed by atoms with E-state index in [1.807, 2.05) is 73.7 Å². The molecule has 3 aromatic carbocycles. The van der Waals surface area contributed by atoms with Gasteiger partial charge in [0.05, 0.1) is 5.75 Å². The molecule has 1 heterocycles. The Balaban J connectivity index is 1.32. The molecule has 0 saturated carbocycles. The summed E-state index contributed by atoms with van der Waals surface area (Å²) in [6.07, 6.45) is 0. The fraction of sp³-hybridized carbons (Fsp3) is 0.0870. The van der Waals surface area contributed by atoms with E-state index in [1.165, 1.54) is 11.8 Å². The third kappa shape index (κ3) is 4.92. The molecule has 1 N–H and O–H groups in total. The van der Waals surface area contributed by atoms with Crippen LogP contribution in [0.2, 0.25) is 0 Å². The molecule has 1 aromatic heterocycles. The first-order valence-electron chi connectivity index (χ1n) is 9.16. The maximum Gasteiger partial charge on any atom is 0.277 e. The fourth-order valence-corrected chi connectivity index (χ4v) is 3.43. The van der Waals surface area contributed by atoms with Gasteiger partial charge in [0.15, 0.2) is 0 Å². The molecule has 29 heavy (non-hydrogen) atoms. The highest BCUT2D eigenvalue weighted by molar-refractivity contribution is 7.99. The number of amides is 1. The van der Waals surface area contributed by atoms with Crippen LogP contribution in [0.3, 0.4) is 0 Å². The Hall–Kier alpha value is -3.38. The highest BCUT2D eigenvalue weighted by atomic mass is 32.2. The highest BCUT2D eigenvalue weighted by Gasteiger charge is 2.11. The molecule has 0 saturated heterocycles. The summed E-state index contributed by atoms with van der Waals surface area (Å²) < 4.78 is 5.65. The summed E-state index contributed by atoms with van der Waals surface area (Å²) >= 11 is 1.22. The summed E-state index contributed by atoms with van der Waals surface area (Å²) in [6, 6.07) is 25.7. The van der Waals surface area contributed by atoms with E-state index in [0.717, 1.165) is 27.9 Å². The van der Waals surface area contributed by atoms with Gasteiger partial charge in [0.25, 0.3) is 5.22 Å². The van der Waals surface area contributed by atoms with Crippen LogP contribution in [0.25, 0.3) is 22.6 Å². The summed E-state index contributed by atoms with van der Waals surface area (Å²) in [5.74, 6) is 0.515. The van der Waals surface area contributed by atoms with Crippen LogP contribution in [-0.4, -0.2) is 21.9 Å². The summed E-state index contributed by atoms with van der Waals surface area (Å²) in [7, 11) is 0. The zero-order valence-corrected chi connectivity index (χ0v) is 16.6. The van der Waals surface area contributed by atoms with Gasteiger partial charge >= 0.3 is 0 Å². The number of aryl methyl sites for hydroxylation is 1. The number of hydrogen-bond donors (Lipinski definition) is 1. The Morgan fingerprint density at radius 1 is 0.897 bits per heavy atom. The Kier molecular flexibility index (Phi) is 5.72. The molecule has 4 aromatic rings. The van der Waals surface area contributed by atoms with E-state index >= 15 is 0 Å². The molecule has 0 fully saturated rings. The van der Waals surface area contributed by atoms with E-state index in [9.17, 15) is 4.79 Å². The van der Waals surface area contributed by atoms with Crippen molar-refractivity contribution in [2.45, 2.75) is 12.1 Å². The van der Waals surface area contributed by atoms with Crippen LogP contribution in [0.1, 0.15) is 5.56 Å². The number of rotatable bonds is 6. The number of aromatic nitrogens is 2. The Labute approximate surface area is 173 Å². The fourth-order valence-electron chi connectivity index (χ4n) is 2.86. The minimum Gasteiger partial charge on any atom is -0.411 e. The van der Waals surface area contributed by atoms with Gasteiger partial charge in [0.1, 0.15) is 0 Å². The zero-order chi connectivity index (χ0) is 20.1. The molecule has 0 aliphatic carbocycles. The number of anilines is 1. The van der Waals surface area contributed by atoms with E-state index < -0.39 is 0 Å². The minimum absolute atomic E-state index is 0.127. The molecule has 0 radical (unpaired) electrons. The van der Waals surface area contributed by atoms with Crippen molar-refractivity contribution in [2.75, 3.05) is 11.1 Å². The van der Waals surface area contributed by atoms with Crippen LogP contribution in [0.15, 0.2) is 88.5 Å². The quantitative estimate of drug-likeness (QED) is 0.436. The monoisotopic (exact) mass is 401 g/mol. The number of benzene rings is 3. The molecule has 1 amide bonds. The Bertz CT molecular complexity index is 1110. The first kappa shape index (κ1) is 19.0. The van der Waals surface area contributed by atoms with Crippen LogP contribution >= 0.6 is 11.8 Å². The largest absolute Gasteiger partial charge is 0.411 e. The summed E-state index contributed by atoms with van der Waals surface area (Å²) in [5, 5.41) is 11.3. The normalized spacial score (nSPS) is 10.7. The second-order valence-electron chi connectivity index (χ2n) is 6.52. The van der Waals surface area contributed by atoms with Gasteiger partial charge in [-0.2, -0.15) is 0 Å². The van der Waals surface area contributed by atoms with Gasteiger partial charge in [-0.25, -0.2) is 0 Å². The third-order valence-corrected chi connectivity index (χ3v) is 5.09. The van der Waals surface area contributed by atoms with Gasteiger partial charge in [0.2, 0.25) is 11.8 Å². The predicted octanol–water partition coefficient (Wildman–Crippen LogP) is 5.44. The van der Waals surface area contributed by atoms with Crippen molar-refractivity contribution in [3.63, 3.8) is 0 Å². The maximum absolute atomic E-state index is 12.2. The Morgan fingerprint density at radius 2 is 1.62 bits per heavy atom. The number of carbonyl (C=O) groups excluding carboxylic acids is 1. The molecule has 144 valence electrons. The van der Waals surface area contributed by atoms with E-state index in [4.69, 9.17) is 4.42 Å². The molecule has 4 rings (SSSR count). The first-order valence-corrected chi connectivity index (χ1v) is 10.1. The lowest BCUT2D eigenvalue weighted by atomic mass is 10.1. The third-order valence-electron chi connectivity index (χ3n) is 4.27. The zero-order valence-electron chi connectivity index (χ0n) is 15.8. The molecule has 5 nitrogen and oxygen atoms in total. The van der Waals surface area contributed by atoms with Crippen LogP contribution in [-0.2, 0) is 4.79 Å². The molecule has 0 bridgehead atoms. The lowest BCUT2D eigenvalue weighted by molar-refractivity contribution is -0.113. The lowest BCUT2D eigenvalue weighted by Gasteiger charge is -2.06. The van der Waals surface area contributed by atoms with E-state index in [2.05, 4.69) is 27.6 Å². The molecule has 0 atom stereocenters. The second kappa shape index (κ2) is 8.75. The lowest BCUT2D eigenvalue weighted by Crippen LogP contribution is -2.13. The average molecular weight is 401 g/mol. The summed E-state index contributed by atoms with van der Waals surface area (Å²) in [5.41, 5.74) is 4.98. The molecule has 0 aliphatic rings. The minimum atomic E-state index is -0.127. The summed E-state index contributed by atoms with van der Waals surface area (Å²) in [6.45, 7) is 2.01. The van der Waals surface area contributed by atoms with E-state index in [-0.39, 0.29) is 11.7 Å². The van der Waals surface area contributed by atoms with Crippen molar-refractivity contribution in [3.8, 4) is 22.6 Å². The molecule has 6 heteroatoms. The van der Waals surface area contributed by atoms with Crippen LogP contribution in [0, 0.1) is 6.92 Å². The topological polar surface area (TPSA) is 68.0 Å². The van der Waals surface area contributed by atoms with Crippen LogP contribution < -0.4 is 5.32 Å². The molecule has 0 spiro atoms. The van der Waals surface area contributed by atoms with Gasteiger partial charge in [-0.15, -0.1) is 10.2 Å². The maximum atomic E-state index is 12.2. The van der Waals surface area contributed by atoms with E-state index in [1.54, 1.807) is 0 Å². The number of thioether (sulfide) groups is 1.